The molecular formula is C10H21NO2. The molecule has 0 radical (unpaired) electrons. The van der Waals surface area contributed by atoms with E-state index < -0.39 is 0 Å². The van der Waals surface area contributed by atoms with Crippen molar-refractivity contribution in [2.75, 3.05) is 13.2 Å². The first-order chi connectivity index (χ1) is 6.20. The van der Waals surface area contributed by atoms with Gasteiger partial charge in [0, 0.05) is 0 Å². The quantitative estimate of drug-likeness (QED) is 0.666. The van der Waals surface area contributed by atoms with E-state index in [1.54, 1.807) is 0 Å². The van der Waals surface area contributed by atoms with Crippen molar-refractivity contribution in [1.82, 2.24) is 0 Å². The first kappa shape index (κ1) is 11.0. The van der Waals surface area contributed by atoms with Gasteiger partial charge in [0.25, 0.3) is 0 Å². The maximum absolute atomic E-state index is 5.78. The van der Waals surface area contributed by atoms with Gasteiger partial charge in [-0.1, -0.05) is 6.92 Å². The van der Waals surface area contributed by atoms with Crippen molar-refractivity contribution in [2.45, 2.75) is 51.4 Å². The molecule has 2 unspecified atom stereocenters. The molecule has 13 heavy (non-hydrogen) atoms. The SMILES string of the molecule is CCC1(C)OCC(CCCCN)O1. The van der Waals surface area contributed by atoms with Gasteiger partial charge in [-0.25, -0.2) is 0 Å². The van der Waals surface area contributed by atoms with E-state index in [-0.39, 0.29) is 11.9 Å². The minimum absolute atomic E-state index is 0.288. The largest absolute Gasteiger partial charge is 0.348 e. The fourth-order valence-electron chi connectivity index (χ4n) is 1.53. The molecule has 2 atom stereocenters. The highest BCUT2D eigenvalue weighted by molar-refractivity contribution is 4.73. The van der Waals surface area contributed by atoms with Crippen LogP contribution in [0.15, 0.2) is 0 Å². The smallest absolute Gasteiger partial charge is 0.165 e. The van der Waals surface area contributed by atoms with Crippen LogP contribution < -0.4 is 5.73 Å². The van der Waals surface area contributed by atoms with Crippen LogP contribution in [-0.4, -0.2) is 25.0 Å². The highest BCUT2D eigenvalue weighted by Gasteiger charge is 2.34. The van der Waals surface area contributed by atoms with E-state index in [0.29, 0.717) is 0 Å². The second-order valence-corrected chi connectivity index (χ2v) is 3.82. The molecule has 1 saturated heterocycles. The number of unbranched alkanes of at least 4 members (excludes halogenated alkanes) is 1. The van der Waals surface area contributed by atoms with Crippen molar-refractivity contribution >= 4 is 0 Å². The lowest BCUT2D eigenvalue weighted by Gasteiger charge is -2.20. The molecule has 78 valence electrons. The molecule has 1 heterocycles. The topological polar surface area (TPSA) is 44.5 Å². The van der Waals surface area contributed by atoms with Crippen LogP contribution in [0.1, 0.15) is 39.5 Å². The van der Waals surface area contributed by atoms with E-state index in [1.807, 2.05) is 6.92 Å². The number of rotatable bonds is 5. The van der Waals surface area contributed by atoms with Crippen LogP contribution in [0.5, 0.6) is 0 Å². The number of ether oxygens (including phenoxy) is 2. The Morgan fingerprint density at radius 2 is 2.23 bits per heavy atom. The van der Waals surface area contributed by atoms with E-state index in [1.165, 1.54) is 0 Å². The average Bonchev–Trinajstić information content (AvgIpc) is 2.50. The molecule has 3 heteroatoms. The third-order valence-electron chi connectivity index (χ3n) is 2.61. The molecule has 0 aromatic heterocycles. The summed E-state index contributed by atoms with van der Waals surface area (Å²) in [5.74, 6) is -0.326. The molecule has 0 bridgehead atoms. The molecule has 0 spiro atoms. The van der Waals surface area contributed by atoms with Crippen LogP contribution in [0.4, 0.5) is 0 Å². The first-order valence-electron chi connectivity index (χ1n) is 5.22. The summed E-state index contributed by atoms with van der Waals surface area (Å²) in [4.78, 5) is 0. The Morgan fingerprint density at radius 3 is 2.77 bits per heavy atom. The highest BCUT2D eigenvalue weighted by Crippen LogP contribution is 2.28. The Morgan fingerprint density at radius 1 is 1.46 bits per heavy atom. The van der Waals surface area contributed by atoms with Crippen LogP contribution in [0.25, 0.3) is 0 Å². The van der Waals surface area contributed by atoms with Crippen molar-refractivity contribution in [2.24, 2.45) is 5.73 Å². The number of nitrogens with two attached hydrogens (primary N) is 1. The zero-order chi connectivity index (χ0) is 9.73. The van der Waals surface area contributed by atoms with Crippen LogP contribution >= 0.6 is 0 Å². The lowest BCUT2D eigenvalue weighted by molar-refractivity contribution is -0.155. The molecule has 0 amide bonds. The summed E-state index contributed by atoms with van der Waals surface area (Å²) >= 11 is 0. The molecule has 1 aliphatic heterocycles. The number of hydrogen-bond donors (Lipinski definition) is 1. The van der Waals surface area contributed by atoms with Gasteiger partial charge in [0.15, 0.2) is 5.79 Å². The Kier molecular flexibility index (Phi) is 4.16. The summed E-state index contributed by atoms with van der Waals surface area (Å²) in [6.07, 6.45) is 4.51. The molecule has 0 aliphatic carbocycles. The van der Waals surface area contributed by atoms with Crippen molar-refractivity contribution in [3.05, 3.63) is 0 Å². The summed E-state index contributed by atoms with van der Waals surface area (Å²) in [7, 11) is 0. The Hall–Kier alpha value is -0.120. The highest BCUT2D eigenvalue weighted by atomic mass is 16.7. The maximum atomic E-state index is 5.78. The summed E-state index contributed by atoms with van der Waals surface area (Å²) in [5.41, 5.74) is 5.42. The van der Waals surface area contributed by atoms with Crippen molar-refractivity contribution in [3.8, 4) is 0 Å². The monoisotopic (exact) mass is 187 g/mol. The summed E-state index contributed by atoms with van der Waals surface area (Å²) in [5, 5.41) is 0. The van der Waals surface area contributed by atoms with E-state index in [4.69, 9.17) is 15.2 Å². The van der Waals surface area contributed by atoms with Gasteiger partial charge in [-0.05, 0) is 39.2 Å². The van der Waals surface area contributed by atoms with Gasteiger partial charge in [0.2, 0.25) is 0 Å². The predicted octanol–water partition coefficient (Wildman–Crippen LogP) is 1.66. The lowest BCUT2D eigenvalue weighted by atomic mass is 10.1. The molecule has 1 aliphatic rings. The van der Waals surface area contributed by atoms with Crippen LogP contribution in [0, 0.1) is 0 Å². The fraction of sp³-hybridized carbons (Fsp3) is 1.00. The Balaban J connectivity index is 2.17. The average molecular weight is 187 g/mol. The molecule has 0 saturated carbocycles. The van der Waals surface area contributed by atoms with Gasteiger partial charge in [-0.3, -0.25) is 0 Å². The molecule has 1 rings (SSSR count). The normalized spacial score (nSPS) is 33.9. The van der Waals surface area contributed by atoms with Gasteiger partial charge in [0.05, 0.1) is 12.7 Å². The van der Waals surface area contributed by atoms with Crippen molar-refractivity contribution in [1.29, 1.82) is 0 Å². The second-order valence-electron chi connectivity index (χ2n) is 3.82. The van der Waals surface area contributed by atoms with Crippen LogP contribution in [0.3, 0.4) is 0 Å². The lowest BCUT2D eigenvalue weighted by Crippen LogP contribution is -2.25. The summed E-state index contributed by atoms with van der Waals surface area (Å²) < 4.78 is 11.4. The van der Waals surface area contributed by atoms with Gasteiger partial charge in [-0.15, -0.1) is 0 Å². The molecular weight excluding hydrogens is 166 g/mol. The summed E-state index contributed by atoms with van der Waals surface area (Å²) in [6.45, 7) is 5.62. The zero-order valence-electron chi connectivity index (χ0n) is 8.71. The van der Waals surface area contributed by atoms with Crippen LogP contribution in [-0.2, 0) is 9.47 Å². The van der Waals surface area contributed by atoms with Gasteiger partial charge < -0.3 is 15.2 Å². The van der Waals surface area contributed by atoms with Crippen molar-refractivity contribution < 1.29 is 9.47 Å². The van der Waals surface area contributed by atoms with E-state index >= 15 is 0 Å². The molecule has 0 aromatic rings. The summed E-state index contributed by atoms with van der Waals surface area (Å²) in [6, 6.07) is 0. The molecule has 0 aromatic carbocycles. The zero-order valence-corrected chi connectivity index (χ0v) is 8.71. The fourth-order valence-corrected chi connectivity index (χ4v) is 1.53. The van der Waals surface area contributed by atoms with Gasteiger partial charge in [-0.2, -0.15) is 0 Å². The van der Waals surface area contributed by atoms with Crippen molar-refractivity contribution in [3.63, 3.8) is 0 Å². The Labute approximate surface area is 80.6 Å². The maximum Gasteiger partial charge on any atom is 0.165 e. The predicted molar refractivity (Wildman–Crippen MR) is 52.4 cm³/mol. The second kappa shape index (κ2) is 4.94. The minimum Gasteiger partial charge on any atom is -0.348 e. The molecule has 2 N–H and O–H groups in total. The molecule has 1 fully saturated rings. The van der Waals surface area contributed by atoms with Crippen LogP contribution in [0.2, 0.25) is 0 Å². The first-order valence-corrected chi connectivity index (χ1v) is 5.22. The minimum atomic E-state index is -0.326. The molecule has 3 nitrogen and oxygen atoms in total. The van der Waals surface area contributed by atoms with E-state index in [2.05, 4.69) is 6.92 Å². The van der Waals surface area contributed by atoms with Gasteiger partial charge >= 0.3 is 0 Å². The van der Waals surface area contributed by atoms with Gasteiger partial charge in [0.1, 0.15) is 0 Å². The number of hydrogen-bond acceptors (Lipinski definition) is 3. The van der Waals surface area contributed by atoms with E-state index in [9.17, 15) is 0 Å². The Bertz CT molecular complexity index is 152. The third-order valence-corrected chi connectivity index (χ3v) is 2.61. The standard InChI is InChI=1S/C10H21NO2/c1-3-10(2)12-8-9(13-10)6-4-5-7-11/h9H,3-8,11H2,1-2H3. The van der Waals surface area contributed by atoms with E-state index in [0.717, 1.165) is 38.8 Å². The third kappa shape index (κ3) is 3.25.